The summed E-state index contributed by atoms with van der Waals surface area (Å²) >= 11 is 0. The Hall–Kier alpha value is -1.76. The lowest BCUT2D eigenvalue weighted by molar-refractivity contribution is -0.307. The van der Waals surface area contributed by atoms with Gasteiger partial charge in [-0.25, -0.2) is 0 Å². The fourth-order valence-electron chi connectivity index (χ4n) is 2.13. The molecule has 2 aromatic carbocycles. The lowest BCUT2D eigenvalue weighted by Crippen LogP contribution is -2.40. The third-order valence-corrected chi connectivity index (χ3v) is 3.14. The van der Waals surface area contributed by atoms with Crippen molar-refractivity contribution >= 4 is 10.8 Å². The number of halogens is 6. The molecule has 7 heteroatoms. The van der Waals surface area contributed by atoms with Crippen molar-refractivity contribution in [2.75, 3.05) is 0 Å². The highest BCUT2D eigenvalue weighted by Crippen LogP contribution is 2.46. The molecule has 0 amide bonds. The van der Waals surface area contributed by atoms with Gasteiger partial charge in [-0.3, -0.25) is 0 Å². The molecular formula is C14H10F6O. The van der Waals surface area contributed by atoms with Crippen molar-refractivity contribution in [3.63, 3.8) is 0 Å². The maximum atomic E-state index is 12.6. The number of aliphatic hydroxyl groups is 1. The molecular weight excluding hydrogens is 298 g/mol. The van der Waals surface area contributed by atoms with Gasteiger partial charge in [-0.2, -0.15) is 26.3 Å². The first kappa shape index (κ1) is 15.6. The molecule has 0 aliphatic rings. The van der Waals surface area contributed by atoms with Crippen molar-refractivity contribution in [1.29, 1.82) is 0 Å². The molecule has 1 atom stereocenters. The van der Waals surface area contributed by atoms with Crippen LogP contribution < -0.4 is 0 Å². The van der Waals surface area contributed by atoms with Crippen LogP contribution in [0.25, 0.3) is 10.8 Å². The van der Waals surface area contributed by atoms with Gasteiger partial charge in [0.2, 0.25) is 0 Å². The van der Waals surface area contributed by atoms with Gasteiger partial charge in [-0.15, -0.1) is 0 Å². The SMILES string of the molecule is OC(c1ccc2ccccc2c1)C(C(F)(F)F)C(F)(F)F. The van der Waals surface area contributed by atoms with Crippen LogP contribution in [-0.4, -0.2) is 17.5 Å². The zero-order chi connectivity index (χ0) is 15.8. The lowest BCUT2D eigenvalue weighted by Gasteiger charge is -2.27. The third-order valence-electron chi connectivity index (χ3n) is 3.14. The third kappa shape index (κ3) is 3.29. The van der Waals surface area contributed by atoms with Crippen molar-refractivity contribution in [3.8, 4) is 0 Å². The Morgan fingerprint density at radius 1 is 0.762 bits per heavy atom. The number of alkyl halides is 6. The molecule has 0 spiro atoms. The molecule has 0 fully saturated rings. The van der Waals surface area contributed by atoms with Crippen molar-refractivity contribution in [1.82, 2.24) is 0 Å². The maximum absolute atomic E-state index is 12.6. The van der Waals surface area contributed by atoms with E-state index in [1.54, 1.807) is 24.3 Å². The molecule has 1 unspecified atom stereocenters. The highest BCUT2D eigenvalue weighted by Gasteiger charge is 2.60. The number of fused-ring (bicyclic) bond motifs is 1. The molecule has 2 rings (SSSR count). The van der Waals surface area contributed by atoms with E-state index in [1.807, 2.05) is 0 Å². The van der Waals surface area contributed by atoms with Gasteiger partial charge in [-0.1, -0.05) is 36.4 Å². The van der Waals surface area contributed by atoms with E-state index in [4.69, 9.17) is 0 Å². The summed E-state index contributed by atoms with van der Waals surface area (Å²) in [7, 11) is 0. The Morgan fingerprint density at radius 2 is 1.29 bits per heavy atom. The molecule has 0 saturated carbocycles. The lowest BCUT2D eigenvalue weighted by atomic mass is 9.93. The Kier molecular flexibility index (Phi) is 3.88. The fraction of sp³-hybridized carbons (Fsp3) is 0.286. The number of benzene rings is 2. The summed E-state index contributed by atoms with van der Waals surface area (Å²) in [6.07, 6.45) is -13.9. The predicted molar refractivity (Wildman–Crippen MR) is 64.5 cm³/mol. The second kappa shape index (κ2) is 5.22. The minimum absolute atomic E-state index is 0.423. The molecule has 0 heterocycles. The van der Waals surface area contributed by atoms with Gasteiger partial charge in [0.05, 0.1) is 6.10 Å². The number of hydrogen-bond acceptors (Lipinski definition) is 1. The summed E-state index contributed by atoms with van der Waals surface area (Å²) < 4.78 is 75.5. The van der Waals surface area contributed by atoms with E-state index in [0.29, 0.717) is 10.8 Å². The highest BCUT2D eigenvalue weighted by molar-refractivity contribution is 5.83. The molecule has 1 nitrogen and oxygen atoms in total. The molecule has 0 aliphatic heterocycles. The molecule has 0 aliphatic carbocycles. The first-order chi connectivity index (χ1) is 9.60. The van der Waals surface area contributed by atoms with E-state index in [2.05, 4.69) is 0 Å². The Labute approximate surface area is 115 Å². The molecule has 0 saturated heterocycles. The summed E-state index contributed by atoms with van der Waals surface area (Å²) in [6, 6.07) is 10.1. The van der Waals surface area contributed by atoms with E-state index >= 15 is 0 Å². The topological polar surface area (TPSA) is 20.2 Å². The van der Waals surface area contributed by atoms with Crippen molar-refractivity contribution < 1.29 is 31.4 Å². The second-order valence-electron chi connectivity index (χ2n) is 4.61. The molecule has 114 valence electrons. The van der Waals surface area contributed by atoms with Gasteiger partial charge in [0.15, 0.2) is 5.92 Å². The molecule has 1 N–H and O–H groups in total. The summed E-state index contributed by atoms with van der Waals surface area (Å²) in [5, 5.41) is 10.7. The van der Waals surface area contributed by atoms with Crippen LogP contribution in [-0.2, 0) is 0 Å². The predicted octanol–water partition coefficient (Wildman–Crippen LogP) is 4.61. The van der Waals surface area contributed by atoms with Gasteiger partial charge in [0, 0.05) is 0 Å². The van der Waals surface area contributed by atoms with Crippen LogP contribution in [0.4, 0.5) is 26.3 Å². The fourth-order valence-corrected chi connectivity index (χ4v) is 2.13. The normalized spacial score (nSPS) is 14.7. The first-order valence-electron chi connectivity index (χ1n) is 5.91. The standard InChI is InChI=1S/C14H10F6O/c15-13(16,17)12(14(18,19)20)11(21)10-6-5-8-3-1-2-4-9(8)7-10/h1-7,11-12,21H. The van der Waals surface area contributed by atoms with Crippen LogP contribution in [0.3, 0.4) is 0 Å². The maximum Gasteiger partial charge on any atom is 0.403 e. The van der Waals surface area contributed by atoms with E-state index in [9.17, 15) is 31.4 Å². The molecule has 21 heavy (non-hydrogen) atoms. The summed E-state index contributed by atoms with van der Waals surface area (Å²) in [4.78, 5) is 0. The monoisotopic (exact) mass is 308 g/mol. The average molecular weight is 308 g/mol. The largest absolute Gasteiger partial charge is 0.403 e. The smallest absolute Gasteiger partial charge is 0.387 e. The van der Waals surface area contributed by atoms with Crippen LogP contribution in [0.1, 0.15) is 11.7 Å². The van der Waals surface area contributed by atoms with Crippen LogP contribution in [0, 0.1) is 5.92 Å². The van der Waals surface area contributed by atoms with E-state index in [0.717, 1.165) is 12.1 Å². The quantitative estimate of drug-likeness (QED) is 0.803. The van der Waals surface area contributed by atoms with Crippen LogP contribution in [0.5, 0.6) is 0 Å². The van der Waals surface area contributed by atoms with Crippen LogP contribution in [0.2, 0.25) is 0 Å². The summed E-state index contributed by atoms with van der Waals surface area (Å²) in [6.45, 7) is 0. The van der Waals surface area contributed by atoms with Crippen molar-refractivity contribution in [2.45, 2.75) is 18.5 Å². The molecule has 0 bridgehead atoms. The number of rotatable bonds is 2. The van der Waals surface area contributed by atoms with Crippen molar-refractivity contribution in [2.24, 2.45) is 5.92 Å². The van der Waals surface area contributed by atoms with Gasteiger partial charge in [-0.05, 0) is 22.4 Å². The van der Waals surface area contributed by atoms with Crippen LogP contribution >= 0.6 is 0 Å². The highest BCUT2D eigenvalue weighted by atomic mass is 19.4. The Morgan fingerprint density at radius 3 is 1.81 bits per heavy atom. The molecule has 2 aromatic rings. The minimum atomic E-state index is -5.58. The average Bonchev–Trinajstić information content (AvgIpc) is 2.34. The van der Waals surface area contributed by atoms with Gasteiger partial charge >= 0.3 is 12.4 Å². The van der Waals surface area contributed by atoms with Gasteiger partial charge in [0.25, 0.3) is 0 Å². The number of aliphatic hydroxyl groups excluding tert-OH is 1. The van der Waals surface area contributed by atoms with Crippen LogP contribution in [0.15, 0.2) is 42.5 Å². The zero-order valence-corrected chi connectivity index (χ0v) is 10.4. The minimum Gasteiger partial charge on any atom is -0.387 e. The summed E-state index contributed by atoms with van der Waals surface area (Å²) in [5.41, 5.74) is -0.423. The molecule has 0 aromatic heterocycles. The van der Waals surface area contributed by atoms with Gasteiger partial charge in [0.1, 0.15) is 0 Å². The second-order valence-corrected chi connectivity index (χ2v) is 4.61. The Bertz CT molecular complexity index is 617. The Balaban J connectivity index is 2.46. The number of hydrogen-bond donors (Lipinski definition) is 1. The van der Waals surface area contributed by atoms with E-state index < -0.39 is 29.9 Å². The zero-order valence-electron chi connectivity index (χ0n) is 10.4. The molecule has 0 radical (unpaired) electrons. The summed E-state index contributed by atoms with van der Waals surface area (Å²) in [5.74, 6) is -3.81. The van der Waals surface area contributed by atoms with Crippen molar-refractivity contribution in [3.05, 3.63) is 48.0 Å². The first-order valence-corrected chi connectivity index (χ1v) is 5.91. The van der Waals surface area contributed by atoms with E-state index in [-0.39, 0.29) is 0 Å². The van der Waals surface area contributed by atoms with Gasteiger partial charge < -0.3 is 5.11 Å². The van der Waals surface area contributed by atoms with E-state index in [1.165, 1.54) is 6.07 Å².